The zero-order valence-corrected chi connectivity index (χ0v) is 17.4. The van der Waals surface area contributed by atoms with E-state index in [2.05, 4.69) is 9.97 Å². The average Bonchev–Trinajstić information content (AvgIpc) is 3.17. The molecule has 156 valence electrons. The Kier molecular flexibility index (Phi) is 5.30. The van der Waals surface area contributed by atoms with Crippen molar-refractivity contribution in [3.05, 3.63) is 47.8 Å². The predicted octanol–water partition coefficient (Wildman–Crippen LogP) is 2.31. The molecule has 2 unspecified atom stereocenters. The number of aryl methyl sites for hydroxylation is 2. The summed E-state index contributed by atoms with van der Waals surface area (Å²) in [7, 11) is -3.86. The highest BCUT2D eigenvalue weighted by atomic mass is 32.2. The topological polar surface area (TPSA) is 75.6 Å². The molecular weight excluding hydrogens is 395 g/mol. The van der Waals surface area contributed by atoms with Gasteiger partial charge in [-0.05, 0) is 31.0 Å². The number of aromatic nitrogens is 2. The predicted molar refractivity (Wildman–Crippen MR) is 107 cm³/mol. The van der Waals surface area contributed by atoms with Crippen LogP contribution in [0.5, 0.6) is 0 Å². The summed E-state index contributed by atoms with van der Waals surface area (Å²) in [6.07, 6.45) is 1.20. The van der Waals surface area contributed by atoms with Crippen LogP contribution in [0.2, 0.25) is 0 Å². The molecule has 0 amide bonds. The van der Waals surface area contributed by atoms with E-state index in [1.165, 1.54) is 16.4 Å². The second-order valence-electron chi connectivity index (χ2n) is 7.40. The third-order valence-electron chi connectivity index (χ3n) is 5.69. The van der Waals surface area contributed by atoms with Gasteiger partial charge in [0, 0.05) is 31.4 Å². The van der Waals surface area contributed by atoms with Gasteiger partial charge >= 0.3 is 0 Å². The minimum Gasteiger partial charge on any atom is -0.355 e. The van der Waals surface area contributed by atoms with Crippen molar-refractivity contribution in [2.24, 2.45) is 0 Å². The molecule has 2 aliphatic rings. The molecule has 9 heteroatoms. The zero-order chi connectivity index (χ0) is 20.6. The van der Waals surface area contributed by atoms with Gasteiger partial charge in [0.1, 0.15) is 0 Å². The molecule has 7 nitrogen and oxygen atoms in total. The van der Waals surface area contributed by atoms with Gasteiger partial charge in [0.2, 0.25) is 16.0 Å². The zero-order valence-electron chi connectivity index (χ0n) is 16.6. The number of nitrogens with zero attached hydrogens (tertiary/aromatic N) is 4. The smallest absolute Gasteiger partial charge is 0.245 e. The van der Waals surface area contributed by atoms with Gasteiger partial charge in [0.25, 0.3) is 0 Å². The van der Waals surface area contributed by atoms with Gasteiger partial charge in [-0.1, -0.05) is 25.1 Å². The number of anilines is 1. The summed E-state index contributed by atoms with van der Waals surface area (Å²) in [6.45, 7) is 4.66. The van der Waals surface area contributed by atoms with Crippen molar-refractivity contribution in [3.8, 4) is 0 Å². The van der Waals surface area contributed by atoms with Crippen LogP contribution >= 0.6 is 0 Å². The van der Waals surface area contributed by atoms with E-state index >= 15 is 4.39 Å². The molecule has 2 aliphatic heterocycles. The quantitative estimate of drug-likeness (QED) is 0.756. The lowest BCUT2D eigenvalue weighted by Gasteiger charge is -2.45. The fourth-order valence-corrected chi connectivity index (χ4v) is 5.83. The van der Waals surface area contributed by atoms with Gasteiger partial charge < -0.3 is 9.64 Å². The van der Waals surface area contributed by atoms with Crippen LogP contribution in [0.1, 0.15) is 24.6 Å². The fourth-order valence-electron chi connectivity index (χ4n) is 4.09. The Morgan fingerprint density at radius 2 is 2.03 bits per heavy atom. The van der Waals surface area contributed by atoms with Crippen LogP contribution in [0.4, 0.5) is 10.3 Å². The lowest BCUT2D eigenvalue weighted by Crippen LogP contribution is -2.62. The number of hydrogen-bond acceptors (Lipinski definition) is 6. The molecule has 0 bridgehead atoms. The Morgan fingerprint density at radius 1 is 1.28 bits per heavy atom. The van der Waals surface area contributed by atoms with E-state index in [0.29, 0.717) is 12.5 Å². The van der Waals surface area contributed by atoms with E-state index in [1.807, 2.05) is 13.8 Å². The third kappa shape index (κ3) is 3.41. The van der Waals surface area contributed by atoms with Crippen LogP contribution in [-0.4, -0.2) is 60.8 Å². The van der Waals surface area contributed by atoms with Crippen LogP contribution in [0.25, 0.3) is 0 Å². The minimum absolute atomic E-state index is 0.0208. The third-order valence-corrected chi connectivity index (χ3v) is 7.63. The second kappa shape index (κ2) is 7.62. The van der Waals surface area contributed by atoms with Crippen molar-refractivity contribution < 1.29 is 17.5 Å². The molecule has 0 N–H and O–H groups in total. The highest BCUT2D eigenvalue weighted by Crippen LogP contribution is 2.40. The first-order valence-electron chi connectivity index (χ1n) is 9.82. The monoisotopic (exact) mass is 420 g/mol. The van der Waals surface area contributed by atoms with Gasteiger partial charge in [-0.2, -0.15) is 4.31 Å². The number of halogens is 1. The van der Waals surface area contributed by atoms with E-state index in [9.17, 15) is 8.42 Å². The van der Waals surface area contributed by atoms with E-state index in [1.54, 1.807) is 29.3 Å². The van der Waals surface area contributed by atoms with Crippen LogP contribution in [0.3, 0.4) is 0 Å². The van der Waals surface area contributed by atoms with Crippen LogP contribution in [0, 0.1) is 6.92 Å². The summed E-state index contributed by atoms with van der Waals surface area (Å²) in [4.78, 5) is 10.8. The van der Waals surface area contributed by atoms with Crippen LogP contribution < -0.4 is 4.90 Å². The highest BCUT2D eigenvalue weighted by molar-refractivity contribution is 7.89. The normalized spacial score (nSPS) is 25.6. The average molecular weight is 421 g/mol. The van der Waals surface area contributed by atoms with Gasteiger partial charge in [-0.3, -0.25) is 0 Å². The number of ether oxygens (including phenoxy) is 1. The molecule has 1 aromatic carbocycles. The molecule has 2 saturated heterocycles. The van der Waals surface area contributed by atoms with Crippen molar-refractivity contribution in [3.63, 3.8) is 0 Å². The Morgan fingerprint density at radius 3 is 2.72 bits per heavy atom. The Labute approximate surface area is 170 Å². The first-order valence-corrected chi connectivity index (χ1v) is 11.3. The summed E-state index contributed by atoms with van der Waals surface area (Å²) in [5, 5.41) is 0. The number of benzene rings is 1. The van der Waals surface area contributed by atoms with E-state index in [4.69, 9.17) is 4.74 Å². The van der Waals surface area contributed by atoms with E-state index in [-0.39, 0.29) is 31.0 Å². The van der Waals surface area contributed by atoms with Crippen molar-refractivity contribution in [2.45, 2.75) is 43.5 Å². The molecule has 2 atom stereocenters. The lowest BCUT2D eigenvalue weighted by molar-refractivity contribution is -0.116. The minimum atomic E-state index is -3.86. The molecule has 0 radical (unpaired) electrons. The first kappa shape index (κ1) is 20.2. The summed E-state index contributed by atoms with van der Waals surface area (Å²) in [5.74, 6) is 0.473. The molecule has 1 spiro atoms. The summed E-state index contributed by atoms with van der Waals surface area (Å²) < 4.78 is 48.8. The lowest BCUT2D eigenvalue weighted by atomic mass is 9.99. The Bertz CT molecular complexity index is 988. The number of hydrogen-bond donors (Lipinski definition) is 0. The van der Waals surface area contributed by atoms with Gasteiger partial charge in [0.05, 0.1) is 18.0 Å². The molecule has 0 aliphatic carbocycles. The number of sulfonamides is 1. The fraction of sp³-hybridized carbons (Fsp3) is 0.500. The van der Waals surface area contributed by atoms with Gasteiger partial charge in [-0.15, -0.1) is 0 Å². The van der Waals surface area contributed by atoms with Gasteiger partial charge in [0.15, 0.2) is 11.9 Å². The molecular formula is C20H25FN4O3S. The highest BCUT2D eigenvalue weighted by Gasteiger charge is 2.57. The van der Waals surface area contributed by atoms with Crippen LogP contribution in [0.15, 0.2) is 41.4 Å². The Hall–Kier alpha value is -2.10. The van der Waals surface area contributed by atoms with E-state index < -0.39 is 21.9 Å². The number of alkyl halides is 1. The van der Waals surface area contributed by atoms with Gasteiger partial charge in [-0.25, -0.2) is 22.8 Å². The van der Waals surface area contributed by atoms with Crippen molar-refractivity contribution >= 4 is 16.0 Å². The number of piperidine rings is 1. The molecule has 0 saturated carbocycles. The SMILES string of the molecule is CCc1nc(N2CCC3(OCCN3S(=O)(=O)c3ccccc3)C(F)C2)ncc1C. The molecule has 4 rings (SSSR count). The molecule has 1 aromatic heterocycles. The summed E-state index contributed by atoms with van der Waals surface area (Å²) in [6, 6.07) is 8.11. The van der Waals surface area contributed by atoms with E-state index in [0.717, 1.165) is 17.7 Å². The second-order valence-corrected chi connectivity index (χ2v) is 9.26. The largest absolute Gasteiger partial charge is 0.355 e. The first-order chi connectivity index (χ1) is 13.9. The maximum atomic E-state index is 15.5. The summed E-state index contributed by atoms with van der Waals surface area (Å²) >= 11 is 0. The van der Waals surface area contributed by atoms with Crippen molar-refractivity contribution in [2.75, 3.05) is 31.1 Å². The Balaban J connectivity index is 1.60. The standard InChI is InChI=1S/C20H25FN4O3S/c1-3-17-15(2)13-22-19(23-17)24-10-9-20(18(21)14-24)25(11-12-28-20)29(26,27)16-7-5-4-6-8-16/h4-8,13,18H,3,9-12,14H2,1-2H3. The molecule has 2 aromatic rings. The maximum absolute atomic E-state index is 15.5. The van der Waals surface area contributed by atoms with Crippen molar-refractivity contribution in [1.82, 2.24) is 14.3 Å². The molecule has 3 heterocycles. The molecule has 29 heavy (non-hydrogen) atoms. The van der Waals surface area contributed by atoms with Crippen molar-refractivity contribution in [1.29, 1.82) is 0 Å². The molecule has 2 fully saturated rings. The number of rotatable bonds is 4. The van der Waals surface area contributed by atoms with Crippen LogP contribution in [-0.2, 0) is 21.2 Å². The maximum Gasteiger partial charge on any atom is 0.245 e. The summed E-state index contributed by atoms with van der Waals surface area (Å²) in [5.41, 5.74) is 0.445.